The largest absolute Gasteiger partial charge is 0.508 e. The highest BCUT2D eigenvalue weighted by Crippen LogP contribution is 2.35. The second-order valence-corrected chi connectivity index (χ2v) is 3.48. The predicted octanol–water partition coefficient (Wildman–Crippen LogP) is 3.68. The second-order valence-electron chi connectivity index (χ2n) is 3.48. The molecule has 0 aromatic heterocycles. The zero-order valence-corrected chi connectivity index (χ0v) is 11.0. The fraction of sp³-hybridized carbons (Fsp3) is 0.200. The van der Waals surface area contributed by atoms with Gasteiger partial charge in [0.25, 0.3) is 0 Å². The van der Waals surface area contributed by atoms with Gasteiger partial charge >= 0.3 is 0 Å². The number of ether oxygens (including phenoxy) is 1. The van der Waals surface area contributed by atoms with E-state index < -0.39 is 0 Å². The van der Waals surface area contributed by atoms with E-state index in [1.165, 1.54) is 0 Å². The van der Waals surface area contributed by atoms with Gasteiger partial charge in [-0.15, -0.1) is 0 Å². The van der Waals surface area contributed by atoms with Crippen molar-refractivity contribution in [3.63, 3.8) is 0 Å². The van der Waals surface area contributed by atoms with Crippen molar-refractivity contribution >= 4 is 5.69 Å². The maximum atomic E-state index is 9.44. The second kappa shape index (κ2) is 6.55. The molecule has 0 bridgehead atoms. The summed E-state index contributed by atoms with van der Waals surface area (Å²) in [5.74, 6) is 0.857. The molecule has 0 saturated heterocycles. The van der Waals surface area contributed by atoms with Crippen molar-refractivity contribution in [2.24, 2.45) is 0 Å². The SMILES string of the molecule is CC.COc1c(N)cccc1-c1cccc(O)c1. The van der Waals surface area contributed by atoms with Crippen molar-refractivity contribution < 1.29 is 9.84 Å². The van der Waals surface area contributed by atoms with Gasteiger partial charge in [0, 0.05) is 5.56 Å². The summed E-state index contributed by atoms with van der Waals surface area (Å²) in [4.78, 5) is 0. The van der Waals surface area contributed by atoms with Gasteiger partial charge in [-0.2, -0.15) is 0 Å². The van der Waals surface area contributed by atoms with Crippen LogP contribution in [0.3, 0.4) is 0 Å². The van der Waals surface area contributed by atoms with Gasteiger partial charge in [-0.25, -0.2) is 0 Å². The molecule has 3 heteroatoms. The highest BCUT2D eigenvalue weighted by Gasteiger charge is 2.08. The van der Waals surface area contributed by atoms with E-state index >= 15 is 0 Å². The lowest BCUT2D eigenvalue weighted by atomic mass is 10.0. The molecule has 2 aromatic carbocycles. The van der Waals surface area contributed by atoms with E-state index in [4.69, 9.17) is 10.5 Å². The van der Waals surface area contributed by atoms with E-state index in [9.17, 15) is 5.11 Å². The van der Waals surface area contributed by atoms with Gasteiger partial charge in [0.2, 0.25) is 0 Å². The molecule has 0 radical (unpaired) electrons. The molecule has 0 aliphatic carbocycles. The molecule has 0 aliphatic rings. The fourth-order valence-electron chi connectivity index (χ4n) is 1.68. The molecule has 0 amide bonds. The number of phenols is 1. The van der Waals surface area contributed by atoms with E-state index in [1.54, 1.807) is 31.4 Å². The van der Waals surface area contributed by atoms with Gasteiger partial charge in [-0.1, -0.05) is 38.1 Å². The third kappa shape index (κ3) is 2.94. The van der Waals surface area contributed by atoms with Crippen molar-refractivity contribution in [2.75, 3.05) is 12.8 Å². The minimum atomic E-state index is 0.224. The van der Waals surface area contributed by atoms with Crippen LogP contribution < -0.4 is 10.5 Å². The number of aromatic hydroxyl groups is 1. The molecule has 0 heterocycles. The Bertz CT molecular complexity index is 510. The number of hydrogen-bond donors (Lipinski definition) is 2. The maximum absolute atomic E-state index is 9.44. The highest BCUT2D eigenvalue weighted by atomic mass is 16.5. The number of phenolic OH excluding ortho intramolecular Hbond substituents is 1. The number of hydrogen-bond acceptors (Lipinski definition) is 3. The number of benzene rings is 2. The van der Waals surface area contributed by atoms with Crippen LogP contribution in [-0.4, -0.2) is 12.2 Å². The Labute approximate surface area is 108 Å². The predicted molar refractivity (Wildman–Crippen MR) is 75.9 cm³/mol. The molecule has 18 heavy (non-hydrogen) atoms. The minimum absolute atomic E-state index is 0.224. The molecule has 0 aliphatic heterocycles. The van der Waals surface area contributed by atoms with Crippen LogP contribution in [0.25, 0.3) is 11.1 Å². The molecule has 2 rings (SSSR count). The molecular weight excluding hydrogens is 226 g/mol. The highest BCUT2D eigenvalue weighted by molar-refractivity contribution is 5.77. The Kier molecular flexibility index (Phi) is 5.06. The molecule has 2 aromatic rings. The molecule has 0 unspecified atom stereocenters. The van der Waals surface area contributed by atoms with E-state index in [-0.39, 0.29) is 5.75 Å². The molecule has 0 fully saturated rings. The third-order valence-electron chi connectivity index (χ3n) is 2.41. The average molecular weight is 245 g/mol. The maximum Gasteiger partial charge on any atom is 0.149 e. The van der Waals surface area contributed by atoms with E-state index in [0.29, 0.717) is 11.4 Å². The van der Waals surface area contributed by atoms with E-state index in [1.807, 2.05) is 32.0 Å². The van der Waals surface area contributed by atoms with Crippen LogP contribution in [0.2, 0.25) is 0 Å². The standard InChI is InChI=1S/C13H13NO2.C2H6/c1-16-13-11(6-3-7-12(13)14)9-4-2-5-10(15)8-9;1-2/h2-8,15H,14H2,1H3;1-2H3. The average Bonchev–Trinajstić information content (AvgIpc) is 2.41. The molecule has 0 atom stereocenters. The van der Waals surface area contributed by atoms with Crippen molar-refractivity contribution in [1.82, 2.24) is 0 Å². The Morgan fingerprint density at radius 2 is 1.72 bits per heavy atom. The van der Waals surface area contributed by atoms with Crippen LogP contribution in [0.15, 0.2) is 42.5 Å². The first-order chi connectivity index (χ1) is 8.72. The molecule has 3 N–H and O–H groups in total. The summed E-state index contributed by atoms with van der Waals surface area (Å²) in [6.45, 7) is 4.00. The zero-order chi connectivity index (χ0) is 13.5. The van der Waals surface area contributed by atoms with E-state index in [0.717, 1.165) is 11.1 Å². The van der Waals surface area contributed by atoms with Crippen LogP contribution in [0.5, 0.6) is 11.5 Å². The van der Waals surface area contributed by atoms with Crippen LogP contribution in [-0.2, 0) is 0 Å². The molecular formula is C15H19NO2. The number of methoxy groups -OCH3 is 1. The van der Waals surface area contributed by atoms with Crippen LogP contribution in [0.1, 0.15) is 13.8 Å². The topological polar surface area (TPSA) is 55.5 Å². The summed E-state index contributed by atoms with van der Waals surface area (Å²) in [5, 5.41) is 9.44. The lowest BCUT2D eigenvalue weighted by Crippen LogP contribution is -1.94. The summed E-state index contributed by atoms with van der Waals surface area (Å²) >= 11 is 0. The van der Waals surface area contributed by atoms with Gasteiger partial charge in [0.1, 0.15) is 11.5 Å². The van der Waals surface area contributed by atoms with Gasteiger partial charge < -0.3 is 15.6 Å². The molecule has 96 valence electrons. The first kappa shape index (κ1) is 13.9. The number of nitrogen functional groups attached to an aromatic ring is 1. The van der Waals surface area contributed by atoms with Crippen molar-refractivity contribution in [2.45, 2.75) is 13.8 Å². The van der Waals surface area contributed by atoms with Gasteiger partial charge in [0.15, 0.2) is 0 Å². The smallest absolute Gasteiger partial charge is 0.149 e. The Hall–Kier alpha value is -2.16. The normalized spacial score (nSPS) is 9.28. The van der Waals surface area contributed by atoms with E-state index in [2.05, 4.69) is 0 Å². The first-order valence-electron chi connectivity index (χ1n) is 5.94. The number of rotatable bonds is 2. The summed E-state index contributed by atoms with van der Waals surface area (Å²) < 4.78 is 5.26. The van der Waals surface area contributed by atoms with Crippen LogP contribution in [0.4, 0.5) is 5.69 Å². The minimum Gasteiger partial charge on any atom is -0.508 e. The summed E-state index contributed by atoms with van der Waals surface area (Å²) in [7, 11) is 1.58. The lowest BCUT2D eigenvalue weighted by Gasteiger charge is -2.11. The monoisotopic (exact) mass is 245 g/mol. The Morgan fingerprint density at radius 1 is 1.06 bits per heavy atom. The molecule has 3 nitrogen and oxygen atoms in total. The van der Waals surface area contributed by atoms with Gasteiger partial charge in [-0.05, 0) is 23.8 Å². The number of para-hydroxylation sites is 1. The first-order valence-corrected chi connectivity index (χ1v) is 5.94. The van der Waals surface area contributed by atoms with Gasteiger partial charge in [-0.3, -0.25) is 0 Å². The fourth-order valence-corrected chi connectivity index (χ4v) is 1.68. The number of anilines is 1. The summed E-state index contributed by atoms with van der Waals surface area (Å²) in [6.07, 6.45) is 0. The Morgan fingerprint density at radius 3 is 2.33 bits per heavy atom. The molecule has 0 spiro atoms. The van der Waals surface area contributed by atoms with Crippen LogP contribution in [0, 0.1) is 0 Å². The Balaban J connectivity index is 0.000000771. The van der Waals surface area contributed by atoms with Gasteiger partial charge in [0.05, 0.1) is 12.8 Å². The molecule has 0 saturated carbocycles. The van der Waals surface area contributed by atoms with Crippen molar-refractivity contribution in [3.8, 4) is 22.6 Å². The van der Waals surface area contributed by atoms with Crippen molar-refractivity contribution in [3.05, 3.63) is 42.5 Å². The zero-order valence-electron chi connectivity index (χ0n) is 11.0. The summed E-state index contributed by atoms with van der Waals surface area (Å²) in [5.41, 5.74) is 8.16. The number of nitrogens with two attached hydrogens (primary N) is 1. The lowest BCUT2D eigenvalue weighted by molar-refractivity contribution is 0.418. The summed E-state index contributed by atoms with van der Waals surface area (Å²) in [6, 6.07) is 12.5. The van der Waals surface area contributed by atoms with Crippen LogP contribution >= 0.6 is 0 Å². The van der Waals surface area contributed by atoms with Crippen molar-refractivity contribution in [1.29, 1.82) is 0 Å². The quantitative estimate of drug-likeness (QED) is 0.793. The third-order valence-corrected chi connectivity index (χ3v) is 2.41.